The standard InChI is InChI=1S/C14H15NS/c15-11-14(7-8-14)13-6-3-5-12(10-13)4-1-2-9-16/h1,3-6,10,16H,2,7-9H2. The third-order valence-electron chi connectivity index (χ3n) is 3.01. The van der Waals surface area contributed by atoms with Gasteiger partial charge >= 0.3 is 0 Å². The first-order valence-electron chi connectivity index (χ1n) is 5.60. The first-order chi connectivity index (χ1) is 7.80. The minimum Gasteiger partial charge on any atom is -0.197 e. The Balaban J connectivity index is 2.18. The molecule has 0 saturated heterocycles. The lowest BCUT2D eigenvalue weighted by Crippen LogP contribution is -2.01. The largest absolute Gasteiger partial charge is 0.197 e. The molecule has 2 rings (SSSR count). The average Bonchev–Trinajstić information content (AvgIpc) is 3.11. The molecule has 0 aromatic heterocycles. The van der Waals surface area contributed by atoms with Gasteiger partial charge in [0, 0.05) is 0 Å². The van der Waals surface area contributed by atoms with Crippen molar-refractivity contribution in [1.29, 1.82) is 5.26 Å². The number of benzene rings is 1. The van der Waals surface area contributed by atoms with Crippen molar-refractivity contribution in [3.8, 4) is 6.07 Å². The first kappa shape index (κ1) is 11.3. The van der Waals surface area contributed by atoms with Crippen LogP contribution < -0.4 is 0 Å². The fourth-order valence-electron chi connectivity index (χ4n) is 1.82. The number of nitrogens with zero attached hydrogens (tertiary/aromatic N) is 1. The van der Waals surface area contributed by atoms with E-state index in [0.717, 1.165) is 25.0 Å². The van der Waals surface area contributed by atoms with E-state index in [2.05, 4.69) is 49.0 Å². The predicted octanol–water partition coefficient (Wildman–Crippen LogP) is 3.57. The van der Waals surface area contributed by atoms with E-state index in [1.807, 2.05) is 6.07 Å². The van der Waals surface area contributed by atoms with Crippen LogP contribution in [0.3, 0.4) is 0 Å². The highest BCUT2D eigenvalue weighted by atomic mass is 32.1. The van der Waals surface area contributed by atoms with Gasteiger partial charge in [-0.05, 0) is 36.1 Å². The van der Waals surface area contributed by atoms with Gasteiger partial charge in [0.15, 0.2) is 0 Å². The number of rotatable bonds is 4. The lowest BCUT2D eigenvalue weighted by molar-refractivity contribution is 0.908. The maximum absolute atomic E-state index is 9.14. The highest BCUT2D eigenvalue weighted by molar-refractivity contribution is 7.80. The molecule has 0 spiro atoms. The van der Waals surface area contributed by atoms with Crippen molar-refractivity contribution >= 4 is 18.7 Å². The van der Waals surface area contributed by atoms with Gasteiger partial charge in [0.25, 0.3) is 0 Å². The molecular formula is C14H15NS. The van der Waals surface area contributed by atoms with Crippen LogP contribution in [-0.4, -0.2) is 5.75 Å². The Labute approximate surface area is 102 Å². The second-order valence-corrected chi connectivity index (χ2v) is 4.68. The summed E-state index contributed by atoms with van der Waals surface area (Å²) in [7, 11) is 0. The van der Waals surface area contributed by atoms with Crippen molar-refractivity contribution in [3.63, 3.8) is 0 Å². The van der Waals surface area contributed by atoms with Crippen LogP contribution in [-0.2, 0) is 5.41 Å². The molecule has 1 saturated carbocycles. The number of nitriles is 1. The van der Waals surface area contributed by atoms with Crippen molar-refractivity contribution in [2.75, 3.05) is 5.75 Å². The van der Waals surface area contributed by atoms with E-state index >= 15 is 0 Å². The minimum atomic E-state index is -0.173. The third-order valence-corrected chi connectivity index (χ3v) is 3.27. The molecule has 1 aromatic rings. The topological polar surface area (TPSA) is 23.8 Å². The van der Waals surface area contributed by atoms with Crippen molar-refractivity contribution in [1.82, 2.24) is 0 Å². The van der Waals surface area contributed by atoms with Crippen LogP contribution in [0.1, 0.15) is 30.4 Å². The smallest absolute Gasteiger partial charge is 0.0824 e. The third kappa shape index (κ3) is 2.31. The summed E-state index contributed by atoms with van der Waals surface area (Å²) in [6.07, 6.45) is 7.22. The van der Waals surface area contributed by atoms with E-state index in [0.29, 0.717) is 0 Å². The second-order valence-electron chi connectivity index (χ2n) is 4.23. The molecule has 0 amide bonds. The van der Waals surface area contributed by atoms with E-state index in [9.17, 15) is 0 Å². The molecule has 0 radical (unpaired) electrons. The highest BCUT2D eigenvalue weighted by Gasteiger charge is 2.44. The number of hydrogen-bond acceptors (Lipinski definition) is 2. The summed E-state index contributed by atoms with van der Waals surface area (Å²) in [5, 5.41) is 9.14. The normalized spacial score (nSPS) is 17.2. The zero-order valence-corrected chi connectivity index (χ0v) is 10.1. The summed E-state index contributed by atoms with van der Waals surface area (Å²) in [6.45, 7) is 0. The summed E-state index contributed by atoms with van der Waals surface area (Å²) in [5.41, 5.74) is 2.18. The van der Waals surface area contributed by atoms with Crippen molar-refractivity contribution in [2.24, 2.45) is 0 Å². The molecule has 1 aliphatic carbocycles. The molecule has 1 aromatic carbocycles. The lowest BCUT2D eigenvalue weighted by atomic mass is 9.96. The monoisotopic (exact) mass is 229 g/mol. The van der Waals surface area contributed by atoms with Crippen LogP contribution in [0.2, 0.25) is 0 Å². The van der Waals surface area contributed by atoms with Crippen LogP contribution in [0, 0.1) is 11.3 Å². The minimum absolute atomic E-state index is 0.173. The maximum atomic E-state index is 9.14. The molecule has 1 fully saturated rings. The Bertz CT molecular complexity index is 438. The Hall–Kier alpha value is -1.20. The molecule has 0 bridgehead atoms. The van der Waals surface area contributed by atoms with Gasteiger partial charge < -0.3 is 0 Å². The van der Waals surface area contributed by atoms with Gasteiger partial charge in [0.2, 0.25) is 0 Å². The van der Waals surface area contributed by atoms with E-state index in [1.54, 1.807) is 0 Å². The van der Waals surface area contributed by atoms with Crippen molar-refractivity contribution in [2.45, 2.75) is 24.7 Å². The SMILES string of the molecule is N#CC1(c2cccc(C=CCCS)c2)CC1. The Kier molecular flexibility index (Phi) is 3.36. The van der Waals surface area contributed by atoms with Crippen LogP contribution in [0.5, 0.6) is 0 Å². The van der Waals surface area contributed by atoms with Gasteiger partial charge in [-0.25, -0.2) is 0 Å². The van der Waals surface area contributed by atoms with E-state index in [4.69, 9.17) is 5.26 Å². The van der Waals surface area contributed by atoms with Gasteiger partial charge in [-0.15, -0.1) is 0 Å². The number of allylic oxidation sites excluding steroid dienone is 1. The second kappa shape index (κ2) is 4.76. The van der Waals surface area contributed by atoms with Crippen LogP contribution >= 0.6 is 12.6 Å². The van der Waals surface area contributed by atoms with Crippen molar-refractivity contribution in [3.05, 3.63) is 41.5 Å². The fourth-order valence-corrected chi connectivity index (χ4v) is 1.97. The molecule has 0 N–H and O–H groups in total. The molecule has 0 heterocycles. The summed E-state index contributed by atoms with van der Waals surface area (Å²) in [4.78, 5) is 0. The summed E-state index contributed by atoms with van der Waals surface area (Å²) < 4.78 is 0. The highest BCUT2D eigenvalue weighted by Crippen LogP contribution is 2.47. The molecule has 1 aliphatic rings. The molecule has 82 valence electrons. The van der Waals surface area contributed by atoms with Gasteiger partial charge in [-0.1, -0.05) is 36.4 Å². The molecule has 0 aliphatic heterocycles. The summed E-state index contributed by atoms with van der Waals surface area (Å²) >= 11 is 4.16. The van der Waals surface area contributed by atoms with Crippen LogP contribution in [0.15, 0.2) is 30.3 Å². The first-order valence-corrected chi connectivity index (χ1v) is 6.23. The van der Waals surface area contributed by atoms with Gasteiger partial charge in [-0.2, -0.15) is 17.9 Å². The Morgan fingerprint density at radius 1 is 1.44 bits per heavy atom. The zero-order chi connectivity index (χ0) is 11.4. The number of hydrogen-bond donors (Lipinski definition) is 1. The van der Waals surface area contributed by atoms with Gasteiger partial charge in [0.1, 0.15) is 0 Å². The van der Waals surface area contributed by atoms with Crippen LogP contribution in [0.4, 0.5) is 0 Å². The molecule has 0 unspecified atom stereocenters. The van der Waals surface area contributed by atoms with Crippen molar-refractivity contribution < 1.29 is 0 Å². The molecular weight excluding hydrogens is 214 g/mol. The van der Waals surface area contributed by atoms with Gasteiger partial charge in [0.05, 0.1) is 11.5 Å². The van der Waals surface area contributed by atoms with E-state index in [-0.39, 0.29) is 5.41 Å². The maximum Gasteiger partial charge on any atom is 0.0824 e. The molecule has 1 nitrogen and oxygen atoms in total. The van der Waals surface area contributed by atoms with Gasteiger partial charge in [-0.3, -0.25) is 0 Å². The molecule has 16 heavy (non-hydrogen) atoms. The average molecular weight is 229 g/mol. The van der Waals surface area contributed by atoms with Crippen LogP contribution in [0.25, 0.3) is 6.08 Å². The lowest BCUT2D eigenvalue weighted by Gasteiger charge is -2.06. The molecule has 0 atom stereocenters. The van der Waals surface area contributed by atoms with E-state index in [1.165, 1.54) is 11.1 Å². The Morgan fingerprint density at radius 2 is 2.25 bits per heavy atom. The Morgan fingerprint density at radius 3 is 2.88 bits per heavy atom. The fraction of sp³-hybridized carbons (Fsp3) is 0.357. The zero-order valence-electron chi connectivity index (χ0n) is 9.19. The molecule has 2 heteroatoms. The summed E-state index contributed by atoms with van der Waals surface area (Å²) in [6, 6.07) is 10.7. The predicted molar refractivity (Wildman–Crippen MR) is 70.5 cm³/mol. The van der Waals surface area contributed by atoms with E-state index < -0.39 is 0 Å². The number of thiol groups is 1. The quantitative estimate of drug-likeness (QED) is 0.784. The summed E-state index contributed by atoms with van der Waals surface area (Å²) in [5.74, 6) is 0.873.